The van der Waals surface area contributed by atoms with E-state index < -0.39 is 72.0 Å². The minimum absolute atomic E-state index is 0.121. The maximum Gasteiger partial charge on any atom is 0.336 e. The zero-order valence-corrected chi connectivity index (χ0v) is 18.5. The first-order valence-corrected chi connectivity index (χ1v) is 9.75. The van der Waals surface area contributed by atoms with Gasteiger partial charge in [0.15, 0.2) is 0 Å². The highest BCUT2D eigenvalue weighted by molar-refractivity contribution is 6.07. The third kappa shape index (κ3) is 8.04. The van der Waals surface area contributed by atoms with Crippen molar-refractivity contribution in [3.63, 3.8) is 0 Å². The summed E-state index contributed by atoms with van der Waals surface area (Å²) in [6.07, 6.45) is 1.56. The second-order valence-corrected chi connectivity index (χ2v) is 6.99. The molecule has 0 spiro atoms. The summed E-state index contributed by atoms with van der Waals surface area (Å²) in [5, 5.41) is 18.6. The van der Waals surface area contributed by atoms with E-state index in [2.05, 4.69) is 13.2 Å². The van der Waals surface area contributed by atoms with Gasteiger partial charge in [-0.2, -0.15) is 0 Å². The van der Waals surface area contributed by atoms with E-state index in [1.807, 2.05) is 0 Å². The number of aliphatic carboxylic acids is 2. The predicted octanol–water partition coefficient (Wildman–Crippen LogP) is 0.579. The molecule has 1 rings (SSSR count). The lowest BCUT2D eigenvalue weighted by atomic mass is 9.82. The molecule has 1 aliphatic rings. The van der Waals surface area contributed by atoms with Crippen molar-refractivity contribution >= 4 is 35.8 Å². The second kappa shape index (κ2) is 12.7. The van der Waals surface area contributed by atoms with Gasteiger partial charge < -0.3 is 29.2 Å². The number of carbonyl (C=O) groups is 6. The lowest BCUT2D eigenvalue weighted by Crippen LogP contribution is -2.35. The number of hydrogen-bond acceptors (Lipinski definition) is 10. The van der Waals surface area contributed by atoms with Crippen LogP contribution in [0.15, 0.2) is 47.6 Å². The Hall–Kier alpha value is -4.22. The molecular weight excluding hydrogens is 456 g/mol. The van der Waals surface area contributed by atoms with Gasteiger partial charge in [0.05, 0.1) is 23.0 Å². The minimum atomic E-state index is -1.64. The van der Waals surface area contributed by atoms with Crippen LogP contribution in [-0.4, -0.2) is 72.5 Å². The van der Waals surface area contributed by atoms with Crippen molar-refractivity contribution in [2.75, 3.05) is 26.4 Å². The fraction of sp³-hybridized carbons (Fsp3) is 0.364. The summed E-state index contributed by atoms with van der Waals surface area (Å²) in [4.78, 5) is 70.8. The highest BCUT2D eigenvalue weighted by Crippen LogP contribution is 2.30. The summed E-state index contributed by atoms with van der Waals surface area (Å²) in [6.45, 7) is 8.09. The Morgan fingerprint density at radius 3 is 1.24 bits per heavy atom. The Labute approximate surface area is 194 Å². The predicted molar refractivity (Wildman–Crippen MR) is 112 cm³/mol. The van der Waals surface area contributed by atoms with Crippen LogP contribution in [-0.2, 0) is 47.7 Å². The molecule has 0 aromatic rings. The normalized spacial score (nSPS) is 16.8. The molecule has 0 saturated heterocycles. The van der Waals surface area contributed by atoms with Crippen molar-refractivity contribution in [2.24, 2.45) is 11.8 Å². The summed E-state index contributed by atoms with van der Waals surface area (Å²) >= 11 is 0. The molecule has 2 unspecified atom stereocenters. The molecule has 0 radical (unpaired) electrons. The minimum Gasteiger partial charge on any atom is -0.478 e. The molecule has 0 fully saturated rings. The molecule has 0 aromatic heterocycles. The molecule has 0 heterocycles. The Morgan fingerprint density at radius 2 is 0.971 bits per heavy atom. The summed E-state index contributed by atoms with van der Waals surface area (Å²) < 4.78 is 19.4. The van der Waals surface area contributed by atoms with Gasteiger partial charge in [0.2, 0.25) is 0 Å². The van der Waals surface area contributed by atoms with E-state index in [9.17, 15) is 39.0 Å². The Bertz CT molecular complexity index is 890. The molecule has 2 N–H and O–H groups in total. The van der Waals surface area contributed by atoms with Gasteiger partial charge >= 0.3 is 35.8 Å². The molecule has 12 nitrogen and oxygen atoms in total. The monoisotopic (exact) mass is 480 g/mol. The van der Waals surface area contributed by atoms with Crippen LogP contribution < -0.4 is 0 Å². The lowest BCUT2D eigenvalue weighted by molar-refractivity contribution is -0.160. The summed E-state index contributed by atoms with van der Waals surface area (Å²) in [7, 11) is 0. The quantitative estimate of drug-likeness (QED) is 0.172. The molecule has 184 valence electrons. The highest BCUT2D eigenvalue weighted by Gasteiger charge is 2.40. The van der Waals surface area contributed by atoms with Gasteiger partial charge in [-0.05, 0) is 13.8 Å². The van der Waals surface area contributed by atoms with Crippen LogP contribution in [0.5, 0.6) is 0 Å². The number of carboxylic acid groups (broad SMARTS) is 2. The van der Waals surface area contributed by atoms with Gasteiger partial charge in [-0.25, -0.2) is 19.2 Å². The maximum atomic E-state index is 12.5. The average Bonchev–Trinajstić information content (AvgIpc) is 2.77. The number of esters is 4. The molecule has 0 aromatic carbocycles. The number of carboxylic acids is 2. The molecule has 0 bridgehead atoms. The number of carbonyl (C=O) groups excluding carboxylic acids is 4. The second-order valence-electron chi connectivity index (χ2n) is 6.99. The molecule has 2 atom stereocenters. The van der Waals surface area contributed by atoms with Crippen LogP contribution in [0, 0.1) is 11.8 Å². The first-order valence-electron chi connectivity index (χ1n) is 9.75. The smallest absolute Gasteiger partial charge is 0.336 e. The molecular formula is C22H24O12. The van der Waals surface area contributed by atoms with Crippen LogP contribution >= 0.6 is 0 Å². The Balaban J connectivity index is 2.97. The highest BCUT2D eigenvalue weighted by atomic mass is 16.6. The average molecular weight is 480 g/mol. The van der Waals surface area contributed by atoms with Crippen LogP contribution in [0.2, 0.25) is 0 Å². The van der Waals surface area contributed by atoms with E-state index in [1.54, 1.807) is 0 Å². The van der Waals surface area contributed by atoms with Crippen LogP contribution in [0.25, 0.3) is 0 Å². The van der Waals surface area contributed by atoms with Gasteiger partial charge in [0.25, 0.3) is 0 Å². The summed E-state index contributed by atoms with van der Waals surface area (Å²) in [5.74, 6) is -9.97. The van der Waals surface area contributed by atoms with Crippen molar-refractivity contribution in [1.82, 2.24) is 0 Å². The van der Waals surface area contributed by atoms with Crippen molar-refractivity contribution < 1.29 is 57.9 Å². The fourth-order valence-corrected chi connectivity index (χ4v) is 2.54. The van der Waals surface area contributed by atoms with Crippen molar-refractivity contribution in [1.29, 1.82) is 0 Å². The topological polar surface area (TPSA) is 180 Å². The summed E-state index contributed by atoms with van der Waals surface area (Å²) in [6, 6.07) is 0. The largest absolute Gasteiger partial charge is 0.478 e. The van der Waals surface area contributed by atoms with Crippen molar-refractivity contribution in [3.05, 3.63) is 47.6 Å². The fourth-order valence-electron chi connectivity index (χ4n) is 2.54. The van der Waals surface area contributed by atoms with Crippen LogP contribution in [0.3, 0.4) is 0 Å². The first-order chi connectivity index (χ1) is 15.9. The van der Waals surface area contributed by atoms with Gasteiger partial charge in [-0.3, -0.25) is 9.59 Å². The van der Waals surface area contributed by atoms with E-state index >= 15 is 0 Å². The van der Waals surface area contributed by atoms with E-state index in [1.165, 1.54) is 13.8 Å². The SMILES string of the molecule is C=C(C)C(=O)OCCOC(=O)C1C=C(C(=O)O)C(C(=O)O)=CC1C(=O)OCCOC(=O)C(=C)C. The Morgan fingerprint density at radius 1 is 0.676 bits per heavy atom. The standard InChI is InChI=1S/C22H24O12/c1-11(2)19(27)31-5-7-33-21(29)15-9-13(17(23)24)14(18(25)26)10-16(15)22(30)34-8-6-32-20(28)12(3)4/h9-10,15-16H,1,3,5-8H2,2,4H3,(H,23,24)(H,25,26). The maximum absolute atomic E-state index is 12.5. The van der Waals surface area contributed by atoms with E-state index in [4.69, 9.17) is 18.9 Å². The van der Waals surface area contributed by atoms with E-state index in [-0.39, 0.29) is 24.4 Å². The zero-order valence-electron chi connectivity index (χ0n) is 18.5. The van der Waals surface area contributed by atoms with Gasteiger partial charge in [-0.15, -0.1) is 0 Å². The lowest BCUT2D eigenvalue weighted by Gasteiger charge is -2.24. The molecule has 0 saturated carbocycles. The first kappa shape index (κ1) is 27.8. The Kier molecular flexibility index (Phi) is 10.4. The van der Waals surface area contributed by atoms with Crippen molar-refractivity contribution in [3.8, 4) is 0 Å². The van der Waals surface area contributed by atoms with Gasteiger partial charge in [-0.1, -0.05) is 25.3 Å². The van der Waals surface area contributed by atoms with Gasteiger partial charge in [0, 0.05) is 11.1 Å². The number of hydrogen-bond donors (Lipinski definition) is 2. The number of rotatable bonds is 12. The van der Waals surface area contributed by atoms with E-state index in [0.717, 1.165) is 12.2 Å². The molecule has 0 aliphatic heterocycles. The van der Waals surface area contributed by atoms with E-state index in [0.29, 0.717) is 0 Å². The van der Waals surface area contributed by atoms with Crippen LogP contribution in [0.4, 0.5) is 0 Å². The van der Waals surface area contributed by atoms with Gasteiger partial charge in [0.1, 0.15) is 26.4 Å². The molecule has 0 amide bonds. The number of ether oxygens (including phenoxy) is 4. The van der Waals surface area contributed by atoms with Crippen LogP contribution in [0.1, 0.15) is 13.8 Å². The zero-order chi connectivity index (χ0) is 26.0. The molecule has 1 aliphatic carbocycles. The molecule has 12 heteroatoms. The summed E-state index contributed by atoms with van der Waals surface area (Å²) in [5.41, 5.74) is -1.20. The molecule has 34 heavy (non-hydrogen) atoms. The van der Waals surface area contributed by atoms with Crippen molar-refractivity contribution in [2.45, 2.75) is 13.8 Å². The third-order valence-corrected chi connectivity index (χ3v) is 4.19. The third-order valence-electron chi connectivity index (χ3n) is 4.19.